The Morgan fingerprint density at radius 3 is 1.10 bits per heavy atom. The van der Waals surface area contributed by atoms with Gasteiger partial charge in [-0.1, -0.05) is 231 Å². The van der Waals surface area contributed by atoms with Crippen LogP contribution in [0.3, 0.4) is 0 Å². The van der Waals surface area contributed by atoms with Gasteiger partial charge in [0.2, 0.25) is 0 Å². The van der Waals surface area contributed by atoms with E-state index in [4.69, 9.17) is 18.9 Å². The molecule has 0 aliphatic rings. The number of carbonyl (C=O) groups is 3. The number of nitrogens with zero attached hydrogens (tertiary/aromatic N) is 1. The average molecular weight is 1090 g/mol. The number of allylic oxidation sites excluding steroid dienone is 22. The third-order valence-electron chi connectivity index (χ3n) is 12.6. The minimum absolute atomic E-state index is 0.175. The average Bonchev–Trinajstić information content (AvgIpc) is 3.41. The Morgan fingerprint density at radius 2 is 0.731 bits per heavy atom. The van der Waals surface area contributed by atoms with Crippen LogP contribution in [0.25, 0.3) is 0 Å². The van der Waals surface area contributed by atoms with Gasteiger partial charge in [-0.15, -0.1) is 0 Å². The van der Waals surface area contributed by atoms with E-state index in [1.807, 2.05) is 21.1 Å². The van der Waals surface area contributed by atoms with Gasteiger partial charge in [0.15, 0.2) is 6.10 Å². The fraction of sp³-hybridized carbons (Fsp3) is 0.638. The van der Waals surface area contributed by atoms with E-state index < -0.39 is 24.3 Å². The van der Waals surface area contributed by atoms with Gasteiger partial charge >= 0.3 is 17.9 Å². The summed E-state index contributed by atoms with van der Waals surface area (Å²) in [6.45, 7) is 4.71. The highest BCUT2D eigenvalue weighted by atomic mass is 16.7. The van der Waals surface area contributed by atoms with Crippen LogP contribution in [0.1, 0.15) is 226 Å². The summed E-state index contributed by atoms with van der Waals surface area (Å²) in [6, 6.07) is 0. The number of carbonyl (C=O) groups excluding carboxylic acids is 2. The molecule has 0 amide bonds. The van der Waals surface area contributed by atoms with Gasteiger partial charge in [0, 0.05) is 12.8 Å². The molecule has 2 atom stereocenters. The van der Waals surface area contributed by atoms with Crippen LogP contribution in [0.4, 0.5) is 0 Å². The highest BCUT2D eigenvalue weighted by Crippen LogP contribution is 2.14. The van der Waals surface area contributed by atoms with Crippen LogP contribution >= 0.6 is 0 Å². The third-order valence-corrected chi connectivity index (χ3v) is 12.6. The lowest BCUT2D eigenvalue weighted by Crippen LogP contribution is -2.40. The molecule has 0 aliphatic carbocycles. The van der Waals surface area contributed by atoms with Crippen molar-refractivity contribution in [3.05, 3.63) is 134 Å². The molecule has 0 spiro atoms. The van der Waals surface area contributed by atoms with Crippen molar-refractivity contribution in [2.75, 3.05) is 47.5 Å². The normalized spacial score (nSPS) is 13.7. The molecule has 9 nitrogen and oxygen atoms in total. The molecule has 0 bridgehead atoms. The summed E-state index contributed by atoms with van der Waals surface area (Å²) >= 11 is 0. The number of aliphatic carboxylic acids is 1. The molecule has 0 aromatic carbocycles. The quantitative estimate of drug-likeness (QED) is 0.0211. The van der Waals surface area contributed by atoms with E-state index in [9.17, 15) is 19.5 Å². The molecule has 0 aliphatic heterocycles. The maximum absolute atomic E-state index is 12.9. The second-order valence-electron chi connectivity index (χ2n) is 21.3. The van der Waals surface area contributed by atoms with Crippen LogP contribution in [0.5, 0.6) is 0 Å². The van der Waals surface area contributed by atoms with Crippen LogP contribution in [-0.4, -0.2) is 87.4 Å². The van der Waals surface area contributed by atoms with Crippen molar-refractivity contribution in [3.63, 3.8) is 0 Å². The van der Waals surface area contributed by atoms with Crippen molar-refractivity contribution in [2.45, 2.75) is 238 Å². The van der Waals surface area contributed by atoms with Crippen molar-refractivity contribution in [2.24, 2.45) is 0 Å². The molecule has 0 radical (unpaired) electrons. The lowest BCUT2D eigenvalue weighted by atomic mass is 10.1. The first-order valence-corrected chi connectivity index (χ1v) is 30.8. The minimum atomic E-state index is -1.53. The minimum Gasteiger partial charge on any atom is -0.477 e. The van der Waals surface area contributed by atoms with Gasteiger partial charge in [-0.05, 0) is 116 Å². The summed E-state index contributed by atoms with van der Waals surface area (Å²) in [6.07, 6.45) is 81.1. The summed E-state index contributed by atoms with van der Waals surface area (Å²) in [4.78, 5) is 37.4. The second-order valence-corrected chi connectivity index (χ2v) is 21.3. The molecule has 0 rings (SSSR count). The number of likely N-dealkylation sites (N-methyl/N-ethyl adjacent to an activating group) is 1. The van der Waals surface area contributed by atoms with Crippen molar-refractivity contribution in [1.82, 2.24) is 0 Å². The first-order chi connectivity index (χ1) is 38.1. The summed E-state index contributed by atoms with van der Waals surface area (Å²) in [7, 11) is 5.95. The van der Waals surface area contributed by atoms with E-state index in [1.165, 1.54) is 70.6 Å². The number of unbranched alkanes of at least 4 members (excludes halogenated alkanes) is 18. The van der Waals surface area contributed by atoms with Crippen LogP contribution in [0.2, 0.25) is 0 Å². The van der Waals surface area contributed by atoms with Gasteiger partial charge < -0.3 is 28.5 Å². The number of hydrogen-bond donors (Lipinski definition) is 1. The molecule has 0 heterocycles. The first kappa shape index (κ1) is 73.4. The SMILES string of the molecule is CC/C=C\C/C=C\C/C=C\C/C=C\C/C=C\C/C=C\C/C=C\C/C=C\C/C=C\C/C=C\CCCCCCC(=O)OC(COC(=O)CCCCCCCCC/C=C\CCCCCCCCC)COC(OCC[N+](C)(C)C)C(=O)O. The second kappa shape index (κ2) is 58.6. The van der Waals surface area contributed by atoms with Crippen LogP contribution in [0.15, 0.2) is 134 Å². The number of hydrogen-bond acceptors (Lipinski definition) is 7. The Morgan fingerprint density at radius 1 is 0.397 bits per heavy atom. The molecule has 0 fully saturated rings. The van der Waals surface area contributed by atoms with Gasteiger partial charge in [0.25, 0.3) is 6.29 Å². The number of carboxylic acids is 1. The van der Waals surface area contributed by atoms with Crippen LogP contribution < -0.4 is 0 Å². The zero-order chi connectivity index (χ0) is 56.9. The maximum Gasteiger partial charge on any atom is 0.361 e. The molecule has 9 heteroatoms. The Kier molecular flexibility index (Phi) is 55.1. The highest BCUT2D eigenvalue weighted by molar-refractivity contribution is 5.71. The number of quaternary nitrogens is 1. The Bertz CT molecular complexity index is 1740. The van der Waals surface area contributed by atoms with E-state index >= 15 is 0 Å². The topological polar surface area (TPSA) is 108 Å². The van der Waals surface area contributed by atoms with Crippen LogP contribution in [0, 0.1) is 0 Å². The third kappa shape index (κ3) is 59.1. The lowest BCUT2D eigenvalue weighted by molar-refractivity contribution is -0.870. The molecular weight excluding hydrogens is 971 g/mol. The van der Waals surface area contributed by atoms with Crippen molar-refractivity contribution in [3.8, 4) is 0 Å². The number of ether oxygens (including phenoxy) is 4. The lowest BCUT2D eigenvalue weighted by Gasteiger charge is -2.25. The van der Waals surface area contributed by atoms with Crippen LogP contribution in [-0.2, 0) is 33.3 Å². The largest absolute Gasteiger partial charge is 0.477 e. The van der Waals surface area contributed by atoms with Gasteiger partial charge in [-0.2, -0.15) is 0 Å². The molecular formula is C69H114NO8+. The number of esters is 2. The van der Waals surface area contributed by atoms with Crippen molar-refractivity contribution < 1.29 is 42.9 Å². The van der Waals surface area contributed by atoms with E-state index in [1.54, 1.807) is 0 Å². The monoisotopic (exact) mass is 1080 g/mol. The first-order valence-electron chi connectivity index (χ1n) is 30.8. The van der Waals surface area contributed by atoms with E-state index in [0.29, 0.717) is 17.4 Å². The van der Waals surface area contributed by atoms with Crippen molar-refractivity contribution in [1.29, 1.82) is 0 Å². The standard InChI is InChI=1S/C69H113NO8/c1-6-8-10-12-14-16-18-20-22-24-26-27-28-29-30-31-32-33-34-35-36-37-38-39-40-41-42-44-46-48-50-52-54-56-58-60-67(72)78-65(64-77-69(68(73)74)75-62-61-70(3,4)5)63-76-66(71)59-57-55-53-51-49-47-45-43-25-23-21-19-17-15-13-11-9-7-2/h8,10,14,16,20,22-23,25-27,29-30,32-33,35-36,38-39,41-42,46,48,65,69H,6-7,9,11-13,15,17-19,21,24,28,31,34,37,40,43-45,47,49-64H2,1-5H3/p+1/b10-8-,16-14-,22-20-,25-23-,27-26-,30-29-,33-32-,36-35-,39-38-,42-41-,48-46-. The molecule has 2 unspecified atom stereocenters. The van der Waals surface area contributed by atoms with Gasteiger partial charge in [0.05, 0.1) is 34.4 Å². The molecule has 78 heavy (non-hydrogen) atoms. The fourth-order valence-corrected chi connectivity index (χ4v) is 7.92. The fourth-order valence-electron chi connectivity index (χ4n) is 7.92. The van der Waals surface area contributed by atoms with E-state index in [2.05, 4.69) is 148 Å². The Labute approximate surface area is 478 Å². The number of rotatable bonds is 55. The summed E-state index contributed by atoms with van der Waals surface area (Å²) < 4.78 is 22.8. The Hall–Kier alpha value is -4.57. The summed E-state index contributed by atoms with van der Waals surface area (Å²) in [5, 5.41) is 9.71. The van der Waals surface area contributed by atoms with E-state index in [0.717, 1.165) is 122 Å². The number of carboxylic acid groups (broad SMARTS) is 1. The van der Waals surface area contributed by atoms with E-state index in [-0.39, 0.29) is 38.6 Å². The molecule has 0 aromatic heterocycles. The molecule has 0 saturated heterocycles. The van der Waals surface area contributed by atoms with Gasteiger partial charge in [-0.3, -0.25) is 9.59 Å². The summed E-state index contributed by atoms with van der Waals surface area (Å²) in [5.41, 5.74) is 0. The highest BCUT2D eigenvalue weighted by Gasteiger charge is 2.25. The van der Waals surface area contributed by atoms with Gasteiger partial charge in [-0.25, -0.2) is 4.79 Å². The molecule has 1 N–H and O–H groups in total. The molecule has 442 valence electrons. The predicted molar refractivity (Wildman–Crippen MR) is 331 cm³/mol. The summed E-state index contributed by atoms with van der Waals surface area (Å²) in [5.74, 6) is -2.06. The zero-order valence-corrected chi connectivity index (χ0v) is 50.3. The molecule has 0 saturated carbocycles. The smallest absolute Gasteiger partial charge is 0.361 e. The predicted octanol–water partition coefficient (Wildman–Crippen LogP) is 18.6. The zero-order valence-electron chi connectivity index (χ0n) is 50.3. The maximum atomic E-state index is 12.9. The Balaban J connectivity index is 4.31. The van der Waals surface area contributed by atoms with Crippen molar-refractivity contribution >= 4 is 17.9 Å². The van der Waals surface area contributed by atoms with Gasteiger partial charge in [0.1, 0.15) is 13.2 Å². The molecule has 0 aromatic rings.